The monoisotopic (exact) mass is 368 g/mol. The lowest BCUT2D eigenvalue weighted by Gasteiger charge is -2.33. The van der Waals surface area contributed by atoms with E-state index in [4.69, 9.17) is 4.74 Å². The molecule has 0 spiro atoms. The van der Waals surface area contributed by atoms with Crippen LogP contribution in [0.4, 0.5) is 0 Å². The summed E-state index contributed by atoms with van der Waals surface area (Å²) in [6.07, 6.45) is 14.6. The summed E-state index contributed by atoms with van der Waals surface area (Å²) in [5, 5.41) is 1.72. The van der Waals surface area contributed by atoms with Crippen LogP contribution in [0.15, 0.2) is 30.3 Å². The molecule has 5 rings (SSSR count). The van der Waals surface area contributed by atoms with E-state index in [1.54, 1.807) is 24.4 Å². The smallest absolute Gasteiger partial charge is 0.0844 e. The van der Waals surface area contributed by atoms with E-state index in [0.29, 0.717) is 12.2 Å². The van der Waals surface area contributed by atoms with Gasteiger partial charge in [0.25, 0.3) is 0 Å². The van der Waals surface area contributed by atoms with Gasteiger partial charge in [0.1, 0.15) is 0 Å². The van der Waals surface area contributed by atoms with Crippen LogP contribution >= 0.6 is 0 Å². The molecule has 1 aromatic carbocycles. The first-order chi connectivity index (χ1) is 12.7. The van der Waals surface area contributed by atoms with Crippen molar-refractivity contribution < 1.29 is 4.74 Å². The van der Waals surface area contributed by atoms with Gasteiger partial charge in [-0.1, -0.05) is 73.4 Å². The highest BCUT2D eigenvalue weighted by Gasteiger charge is 2.45. The summed E-state index contributed by atoms with van der Waals surface area (Å²) in [7, 11) is -1.35. The summed E-state index contributed by atoms with van der Waals surface area (Å²) in [5.74, 6) is 4.26. The summed E-state index contributed by atoms with van der Waals surface area (Å²) in [6, 6.07) is 14.7. The molecular formula is C24H36OSi. The van der Waals surface area contributed by atoms with Crippen molar-refractivity contribution in [3.8, 4) is 0 Å². The van der Waals surface area contributed by atoms with Gasteiger partial charge in [0.2, 0.25) is 0 Å². The van der Waals surface area contributed by atoms with Crippen LogP contribution in [0.5, 0.6) is 0 Å². The van der Waals surface area contributed by atoms with Crippen LogP contribution in [0.1, 0.15) is 57.8 Å². The maximum atomic E-state index is 5.78. The van der Waals surface area contributed by atoms with Crippen LogP contribution in [-0.4, -0.2) is 20.3 Å². The maximum absolute atomic E-state index is 5.78. The van der Waals surface area contributed by atoms with Gasteiger partial charge in [-0.3, -0.25) is 0 Å². The molecule has 1 heterocycles. The van der Waals surface area contributed by atoms with Crippen LogP contribution in [-0.2, 0) is 4.74 Å². The number of hydrogen-bond acceptors (Lipinski definition) is 1. The molecule has 7 atom stereocenters. The third kappa shape index (κ3) is 3.82. The molecule has 2 heteroatoms. The molecule has 0 aromatic heterocycles. The quantitative estimate of drug-likeness (QED) is 0.440. The molecule has 7 unspecified atom stereocenters. The molecule has 26 heavy (non-hydrogen) atoms. The standard InChI is InChI=1S/C24H36OSi/c1-26(22-5-3-2-4-6-22,13-11-18-7-9-20-17-21(20)15-18)14-12-19-8-10-23-24(16-19)25-23/h2-6,18-21,23-24H,7-17H2,1H3. The van der Waals surface area contributed by atoms with Gasteiger partial charge in [0, 0.05) is 0 Å². The first kappa shape index (κ1) is 17.5. The van der Waals surface area contributed by atoms with Gasteiger partial charge in [-0.15, -0.1) is 0 Å². The normalized spacial score (nSPS) is 40.2. The highest BCUT2D eigenvalue weighted by Crippen LogP contribution is 2.52. The van der Waals surface area contributed by atoms with Crippen molar-refractivity contribution >= 4 is 13.3 Å². The molecule has 4 aliphatic rings. The first-order valence-electron chi connectivity index (χ1n) is 11.4. The van der Waals surface area contributed by atoms with Crippen LogP contribution in [0.25, 0.3) is 0 Å². The topological polar surface area (TPSA) is 12.5 Å². The Morgan fingerprint density at radius 1 is 0.808 bits per heavy atom. The lowest BCUT2D eigenvalue weighted by atomic mass is 9.87. The Balaban J connectivity index is 1.21. The number of epoxide rings is 1. The molecule has 3 aliphatic carbocycles. The van der Waals surface area contributed by atoms with E-state index in [1.807, 2.05) is 0 Å². The highest BCUT2D eigenvalue weighted by atomic mass is 28.3. The number of benzene rings is 1. The lowest BCUT2D eigenvalue weighted by molar-refractivity contribution is 0.333. The molecule has 3 saturated carbocycles. The second-order valence-electron chi connectivity index (χ2n) is 10.3. The molecule has 0 N–H and O–H groups in total. The van der Waals surface area contributed by atoms with E-state index in [0.717, 1.165) is 23.7 Å². The molecule has 0 amide bonds. The van der Waals surface area contributed by atoms with E-state index in [-0.39, 0.29) is 0 Å². The lowest BCUT2D eigenvalue weighted by Crippen LogP contribution is -2.45. The van der Waals surface area contributed by atoms with Gasteiger partial charge >= 0.3 is 0 Å². The van der Waals surface area contributed by atoms with E-state index >= 15 is 0 Å². The molecule has 142 valence electrons. The number of ether oxygens (including phenoxy) is 1. The Morgan fingerprint density at radius 3 is 2.27 bits per heavy atom. The van der Waals surface area contributed by atoms with Crippen molar-refractivity contribution in [2.45, 2.75) is 88.6 Å². The number of hydrogen-bond donors (Lipinski definition) is 0. The molecule has 1 saturated heterocycles. The maximum Gasteiger partial charge on any atom is 0.0844 e. The molecule has 0 radical (unpaired) electrons. The Morgan fingerprint density at radius 2 is 1.54 bits per heavy atom. The van der Waals surface area contributed by atoms with E-state index in [1.165, 1.54) is 50.6 Å². The van der Waals surface area contributed by atoms with Crippen LogP contribution in [0, 0.1) is 23.7 Å². The van der Waals surface area contributed by atoms with Crippen molar-refractivity contribution in [2.24, 2.45) is 23.7 Å². The van der Waals surface area contributed by atoms with Crippen molar-refractivity contribution in [1.29, 1.82) is 0 Å². The third-order valence-electron chi connectivity index (χ3n) is 8.44. The van der Waals surface area contributed by atoms with Crippen molar-refractivity contribution in [1.82, 2.24) is 0 Å². The first-order valence-corrected chi connectivity index (χ1v) is 14.3. The minimum atomic E-state index is -1.35. The Hall–Kier alpha value is -0.603. The SMILES string of the molecule is C[Si](CCC1CCC2CC2C1)(CCC1CCC2OC2C1)c1ccccc1. The van der Waals surface area contributed by atoms with Crippen LogP contribution < -0.4 is 5.19 Å². The third-order valence-corrected chi connectivity index (χ3v) is 13.0. The van der Waals surface area contributed by atoms with Gasteiger partial charge < -0.3 is 4.74 Å². The fourth-order valence-corrected chi connectivity index (χ4v) is 10.2. The fourth-order valence-electron chi connectivity index (χ4n) is 6.26. The summed E-state index contributed by atoms with van der Waals surface area (Å²) < 4.78 is 5.78. The summed E-state index contributed by atoms with van der Waals surface area (Å²) >= 11 is 0. The van der Waals surface area contributed by atoms with Crippen LogP contribution in [0.3, 0.4) is 0 Å². The predicted octanol–water partition coefficient (Wildman–Crippen LogP) is 5.76. The van der Waals surface area contributed by atoms with Gasteiger partial charge in [0.05, 0.1) is 20.3 Å². The van der Waals surface area contributed by atoms with Gasteiger partial charge in [-0.25, -0.2) is 0 Å². The average molecular weight is 369 g/mol. The zero-order valence-corrected chi connectivity index (χ0v) is 17.5. The number of fused-ring (bicyclic) bond motifs is 2. The van der Waals surface area contributed by atoms with Crippen molar-refractivity contribution in [2.75, 3.05) is 0 Å². The second-order valence-corrected chi connectivity index (χ2v) is 15.0. The summed E-state index contributed by atoms with van der Waals surface area (Å²) in [6.45, 7) is 2.70. The second kappa shape index (κ2) is 7.09. The fraction of sp³-hybridized carbons (Fsp3) is 0.750. The minimum Gasteiger partial charge on any atom is -0.370 e. The molecule has 1 aromatic rings. The molecule has 1 nitrogen and oxygen atoms in total. The predicted molar refractivity (Wildman–Crippen MR) is 111 cm³/mol. The molecule has 1 aliphatic heterocycles. The van der Waals surface area contributed by atoms with E-state index in [9.17, 15) is 0 Å². The van der Waals surface area contributed by atoms with Crippen molar-refractivity contribution in [3.63, 3.8) is 0 Å². The highest BCUT2D eigenvalue weighted by molar-refractivity contribution is 6.90. The molecular weight excluding hydrogens is 332 g/mol. The Bertz CT molecular complexity index is 582. The summed E-state index contributed by atoms with van der Waals surface area (Å²) in [5.41, 5.74) is 0. The molecule has 0 bridgehead atoms. The van der Waals surface area contributed by atoms with Gasteiger partial charge in [-0.2, -0.15) is 0 Å². The van der Waals surface area contributed by atoms with Gasteiger partial charge in [0.15, 0.2) is 0 Å². The zero-order valence-electron chi connectivity index (χ0n) is 16.5. The Kier molecular flexibility index (Phi) is 4.77. The summed E-state index contributed by atoms with van der Waals surface area (Å²) in [4.78, 5) is 0. The van der Waals surface area contributed by atoms with E-state index < -0.39 is 8.07 Å². The van der Waals surface area contributed by atoms with Crippen molar-refractivity contribution in [3.05, 3.63) is 30.3 Å². The molecule has 4 fully saturated rings. The zero-order chi connectivity index (χ0) is 17.6. The van der Waals surface area contributed by atoms with E-state index in [2.05, 4.69) is 36.9 Å². The average Bonchev–Trinajstić information content (AvgIpc) is 3.59. The minimum absolute atomic E-state index is 0.645. The number of rotatable bonds is 7. The van der Waals surface area contributed by atoms with Gasteiger partial charge in [-0.05, 0) is 62.2 Å². The largest absolute Gasteiger partial charge is 0.370 e. The Labute approximate surface area is 160 Å². The van der Waals surface area contributed by atoms with Crippen LogP contribution in [0.2, 0.25) is 18.6 Å².